The summed E-state index contributed by atoms with van der Waals surface area (Å²) in [6, 6.07) is 0. The standard InChI is InChI=1S/C6H7F3O/c1-2-3-5(10)4-6(7,8)9/h2H,1,3-4H2. The highest BCUT2D eigenvalue weighted by Gasteiger charge is 2.30. The Labute approximate surface area is 56.5 Å². The molecule has 1 nitrogen and oxygen atoms in total. The summed E-state index contributed by atoms with van der Waals surface area (Å²) in [4.78, 5) is 10.3. The van der Waals surface area contributed by atoms with E-state index in [-0.39, 0.29) is 6.42 Å². The molecule has 0 aromatic rings. The van der Waals surface area contributed by atoms with Gasteiger partial charge in [-0.3, -0.25) is 4.79 Å². The number of carbonyl (C=O) groups is 1. The van der Waals surface area contributed by atoms with Crippen LogP contribution in [-0.4, -0.2) is 12.0 Å². The maximum absolute atomic E-state index is 11.4. The Bertz CT molecular complexity index is 136. The maximum Gasteiger partial charge on any atom is 0.395 e. The lowest BCUT2D eigenvalue weighted by Crippen LogP contribution is -2.13. The van der Waals surface area contributed by atoms with Crippen LogP contribution in [0.3, 0.4) is 0 Å². The van der Waals surface area contributed by atoms with Gasteiger partial charge in [0.25, 0.3) is 0 Å². The van der Waals surface area contributed by atoms with Gasteiger partial charge in [0.1, 0.15) is 12.2 Å². The zero-order chi connectivity index (χ0) is 8.20. The van der Waals surface area contributed by atoms with E-state index in [0.717, 1.165) is 6.08 Å². The van der Waals surface area contributed by atoms with Crippen LogP contribution in [0.1, 0.15) is 12.8 Å². The van der Waals surface area contributed by atoms with Crippen molar-refractivity contribution in [1.82, 2.24) is 0 Å². The van der Waals surface area contributed by atoms with Crippen LogP contribution in [0.4, 0.5) is 13.2 Å². The summed E-state index contributed by atoms with van der Waals surface area (Å²) in [5.74, 6) is -0.845. The van der Waals surface area contributed by atoms with Crippen molar-refractivity contribution in [3.05, 3.63) is 12.7 Å². The third kappa shape index (κ3) is 5.34. The van der Waals surface area contributed by atoms with Crippen molar-refractivity contribution in [2.24, 2.45) is 0 Å². The number of hydrogen-bond acceptors (Lipinski definition) is 1. The summed E-state index contributed by atoms with van der Waals surface area (Å²) in [6.45, 7) is 3.14. The molecule has 0 aromatic carbocycles. The Balaban J connectivity index is 3.68. The molecular formula is C6H7F3O. The van der Waals surface area contributed by atoms with Crippen LogP contribution in [0, 0.1) is 0 Å². The lowest BCUT2D eigenvalue weighted by atomic mass is 10.2. The third-order valence-electron chi connectivity index (χ3n) is 0.770. The average Bonchev–Trinajstić information content (AvgIpc) is 1.59. The predicted molar refractivity (Wildman–Crippen MR) is 30.5 cm³/mol. The molecule has 0 saturated carbocycles. The average molecular weight is 152 g/mol. The van der Waals surface area contributed by atoms with Crippen LogP contribution in [0.5, 0.6) is 0 Å². The molecule has 0 bridgehead atoms. The van der Waals surface area contributed by atoms with Gasteiger partial charge in [0.2, 0.25) is 0 Å². The number of allylic oxidation sites excluding steroid dienone is 1. The van der Waals surface area contributed by atoms with Gasteiger partial charge in [0, 0.05) is 6.42 Å². The summed E-state index contributed by atoms with van der Waals surface area (Å²) in [7, 11) is 0. The van der Waals surface area contributed by atoms with Crippen LogP contribution in [0.15, 0.2) is 12.7 Å². The molecule has 4 heteroatoms. The molecule has 0 atom stereocenters. The quantitative estimate of drug-likeness (QED) is 0.566. The molecular weight excluding hydrogens is 145 g/mol. The lowest BCUT2D eigenvalue weighted by molar-refractivity contribution is -0.151. The van der Waals surface area contributed by atoms with Crippen molar-refractivity contribution in [3.63, 3.8) is 0 Å². The summed E-state index contributed by atoms with van der Waals surface area (Å²) in [6.07, 6.45) is -4.77. The first-order valence-corrected chi connectivity index (χ1v) is 2.65. The summed E-state index contributed by atoms with van der Waals surface area (Å²) in [5, 5.41) is 0. The van der Waals surface area contributed by atoms with Crippen LogP contribution >= 0.6 is 0 Å². The summed E-state index contributed by atoms with van der Waals surface area (Å²) >= 11 is 0. The number of Topliss-reactive ketones (excluding diaryl/α,β-unsaturated/α-hetero) is 1. The highest BCUT2D eigenvalue weighted by molar-refractivity contribution is 5.80. The van der Waals surface area contributed by atoms with Crippen molar-refractivity contribution >= 4 is 5.78 Å². The molecule has 0 heterocycles. The van der Waals surface area contributed by atoms with E-state index in [9.17, 15) is 18.0 Å². The van der Waals surface area contributed by atoms with E-state index in [1.54, 1.807) is 0 Å². The first kappa shape index (κ1) is 9.20. The number of alkyl halides is 3. The first-order chi connectivity index (χ1) is 4.45. The number of halogens is 3. The Morgan fingerprint density at radius 3 is 2.30 bits per heavy atom. The van der Waals surface area contributed by atoms with Crippen LogP contribution in [0.2, 0.25) is 0 Å². The van der Waals surface area contributed by atoms with Crippen molar-refractivity contribution in [3.8, 4) is 0 Å². The molecule has 0 aliphatic rings. The molecule has 0 radical (unpaired) electrons. The zero-order valence-corrected chi connectivity index (χ0v) is 5.24. The van der Waals surface area contributed by atoms with Gasteiger partial charge in [-0.1, -0.05) is 6.08 Å². The Morgan fingerprint density at radius 1 is 1.50 bits per heavy atom. The first-order valence-electron chi connectivity index (χ1n) is 2.65. The number of carbonyl (C=O) groups excluding carboxylic acids is 1. The molecule has 0 unspecified atom stereocenters. The largest absolute Gasteiger partial charge is 0.395 e. The Morgan fingerprint density at radius 2 is 2.00 bits per heavy atom. The van der Waals surface area contributed by atoms with Gasteiger partial charge in [0.15, 0.2) is 0 Å². The van der Waals surface area contributed by atoms with Crippen LogP contribution in [0.25, 0.3) is 0 Å². The highest BCUT2D eigenvalue weighted by atomic mass is 19.4. The van der Waals surface area contributed by atoms with E-state index in [0.29, 0.717) is 0 Å². The molecule has 0 aliphatic carbocycles. The minimum Gasteiger partial charge on any atom is -0.299 e. The van der Waals surface area contributed by atoms with Gasteiger partial charge in [-0.15, -0.1) is 6.58 Å². The van der Waals surface area contributed by atoms with Gasteiger partial charge in [0.05, 0.1) is 0 Å². The van der Waals surface area contributed by atoms with Crippen molar-refractivity contribution in [2.45, 2.75) is 19.0 Å². The Kier molecular flexibility index (Phi) is 3.12. The fourth-order valence-corrected chi connectivity index (χ4v) is 0.457. The molecule has 0 N–H and O–H groups in total. The molecule has 0 saturated heterocycles. The molecule has 0 aromatic heterocycles. The number of rotatable bonds is 3. The van der Waals surface area contributed by atoms with E-state index in [2.05, 4.69) is 6.58 Å². The summed E-state index contributed by atoms with van der Waals surface area (Å²) < 4.78 is 34.1. The van der Waals surface area contributed by atoms with E-state index in [4.69, 9.17) is 0 Å². The molecule has 0 spiro atoms. The minimum absolute atomic E-state index is 0.209. The molecule has 0 amide bonds. The van der Waals surface area contributed by atoms with Crippen molar-refractivity contribution in [1.29, 1.82) is 0 Å². The van der Waals surface area contributed by atoms with E-state index < -0.39 is 18.4 Å². The minimum atomic E-state index is -4.37. The van der Waals surface area contributed by atoms with Gasteiger partial charge in [-0.25, -0.2) is 0 Å². The predicted octanol–water partition coefficient (Wildman–Crippen LogP) is 2.08. The van der Waals surface area contributed by atoms with Gasteiger partial charge < -0.3 is 0 Å². The van der Waals surface area contributed by atoms with Crippen LogP contribution < -0.4 is 0 Å². The Hall–Kier alpha value is -0.800. The highest BCUT2D eigenvalue weighted by Crippen LogP contribution is 2.20. The number of ketones is 1. The molecule has 0 rings (SSSR count). The van der Waals surface area contributed by atoms with E-state index in [1.807, 2.05) is 0 Å². The van der Waals surface area contributed by atoms with Gasteiger partial charge in [-0.05, 0) is 0 Å². The fourth-order valence-electron chi connectivity index (χ4n) is 0.457. The molecule has 0 fully saturated rings. The second kappa shape index (κ2) is 3.39. The van der Waals surface area contributed by atoms with Gasteiger partial charge in [-0.2, -0.15) is 13.2 Å². The summed E-state index contributed by atoms with van der Waals surface area (Å²) in [5.41, 5.74) is 0. The third-order valence-corrected chi connectivity index (χ3v) is 0.770. The SMILES string of the molecule is C=CCC(=O)CC(F)(F)F. The van der Waals surface area contributed by atoms with Gasteiger partial charge >= 0.3 is 6.18 Å². The number of hydrogen-bond donors (Lipinski definition) is 0. The normalized spacial score (nSPS) is 11.1. The smallest absolute Gasteiger partial charge is 0.299 e. The zero-order valence-electron chi connectivity index (χ0n) is 5.24. The fraction of sp³-hybridized carbons (Fsp3) is 0.500. The lowest BCUT2D eigenvalue weighted by Gasteiger charge is -2.02. The van der Waals surface area contributed by atoms with Crippen LogP contribution in [-0.2, 0) is 4.79 Å². The van der Waals surface area contributed by atoms with Crippen molar-refractivity contribution in [2.75, 3.05) is 0 Å². The molecule has 58 valence electrons. The second-order valence-corrected chi connectivity index (χ2v) is 1.82. The monoisotopic (exact) mass is 152 g/mol. The molecule has 0 aliphatic heterocycles. The second-order valence-electron chi connectivity index (χ2n) is 1.82. The topological polar surface area (TPSA) is 17.1 Å². The molecule has 10 heavy (non-hydrogen) atoms. The van der Waals surface area contributed by atoms with E-state index >= 15 is 0 Å². The van der Waals surface area contributed by atoms with Crippen molar-refractivity contribution < 1.29 is 18.0 Å². The maximum atomic E-state index is 11.4. The van der Waals surface area contributed by atoms with E-state index in [1.165, 1.54) is 0 Å².